The Morgan fingerprint density at radius 3 is 2.32 bits per heavy atom. The van der Waals surface area contributed by atoms with E-state index >= 15 is 0 Å². The van der Waals surface area contributed by atoms with Crippen molar-refractivity contribution in [2.75, 3.05) is 18.5 Å². The van der Waals surface area contributed by atoms with Gasteiger partial charge in [-0.25, -0.2) is 0 Å². The molecule has 1 amide bonds. The second kappa shape index (κ2) is 8.08. The van der Waals surface area contributed by atoms with Crippen molar-refractivity contribution in [1.82, 2.24) is 0 Å². The van der Waals surface area contributed by atoms with Gasteiger partial charge in [-0.05, 0) is 43.2 Å². The molecule has 116 valence electrons. The van der Waals surface area contributed by atoms with Crippen LogP contribution >= 0.6 is 0 Å². The smallest absolute Gasteiger partial charge is 0.262 e. The number of aryl methyl sites for hydroxylation is 1. The molecule has 0 aliphatic rings. The lowest BCUT2D eigenvalue weighted by atomic mass is 10.1. The molecule has 2 aromatic rings. The number of ether oxygens (including phenoxy) is 2. The molecule has 4 heteroatoms. The van der Waals surface area contributed by atoms with Crippen LogP contribution in [0.2, 0.25) is 0 Å². The predicted molar refractivity (Wildman–Crippen MR) is 87.6 cm³/mol. The zero-order valence-corrected chi connectivity index (χ0v) is 13.0. The van der Waals surface area contributed by atoms with Crippen LogP contribution in [0, 0.1) is 0 Å². The monoisotopic (exact) mass is 299 g/mol. The lowest BCUT2D eigenvalue weighted by Gasteiger charge is -2.09. The van der Waals surface area contributed by atoms with E-state index in [-0.39, 0.29) is 12.5 Å². The third-order valence-electron chi connectivity index (χ3n) is 3.13. The average molecular weight is 299 g/mol. The molecule has 2 rings (SSSR count). The quantitative estimate of drug-likeness (QED) is 0.848. The summed E-state index contributed by atoms with van der Waals surface area (Å²) in [6.07, 6.45) is 0.980. The first-order chi connectivity index (χ1) is 10.7. The molecule has 0 spiro atoms. The number of nitrogens with one attached hydrogen (secondary N) is 1. The zero-order valence-electron chi connectivity index (χ0n) is 13.0. The van der Waals surface area contributed by atoms with Crippen LogP contribution in [0.3, 0.4) is 0 Å². The van der Waals surface area contributed by atoms with E-state index in [9.17, 15) is 4.79 Å². The largest absolute Gasteiger partial charge is 0.494 e. The molecule has 0 aromatic heterocycles. The standard InChI is InChI=1S/C18H21NO3/c1-3-14-8-10-15(11-9-14)19-18(20)13-22-17-7-5-6-16(12-17)21-4-2/h5-12H,3-4,13H2,1-2H3,(H,19,20). The Morgan fingerprint density at radius 1 is 1.00 bits per heavy atom. The highest BCUT2D eigenvalue weighted by Gasteiger charge is 2.04. The molecular weight excluding hydrogens is 278 g/mol. The number of benzene rings is 2. The van der Waals surface area contributed by atoms with Crippen LogP contribution in [-0.2, 0) is 11.2 Å². The van der Waals surface area contributed by atoms with E-state index < -0.39 is 0 Å². The van der Waals surface area contributed by atoms with Crippen LogP contribution in [0.25, 0.3) is 0 Å². The molecule has 4 nitrogen and oxygen atoms in total. The fourth-order valence-electron chi connectivity index (χ4n) is 1.99. The Bertz CT molecular complexity index is 608. The fourth-order valence-corrected chi connectivity index (χ4v) is 1.99. The van der Waals surface area contributed by atoms with Gasteiger partial charge in [0.15, 0.2) is 6.61 Å². The molecule has 0 saturated carbocycles. The number of hydrogen-bond donors (Lipinski definition) is 1. The number of hydrogen-bond acceptors (Lipinski definition) is 3. The van der Waals surface area contributed by atoms with Crippen molar-refractivity contribution < 1.29 is 14.3 Å². The van der Waals surface area contributed by atoms with E-state index in [1.165, 1.54) is 5.56 Å². The van der Waals surface area contributed by atoms with Crippen LogP contribution in [0.15, 0.2) is 48.5 Å². The van der Waals surface area contributed by atoms with Gasteiger partial charge in [0.2, 0.25) is 0 Å². The van der Waals surface area contributed by atoms with Gasteiger partial charge in [0.1, 0.15) is 11.5 Å². The molecule has 22 heavy (non-hydrogen) atoms. The van der Waals surface area contributed by atoms with Crippen LogP contribution in [0.4, 0.5) is 5.69 Å². The molecule has 0 fully saturated rings. The molecule has 0 saturated heterocycles. The number of rotatable bonds is 7. The molecule has 0 heterocycles. The molecule has 0 aliphatic carbocycles. The molecule has 0 atom stereocenters. The summed E-state index contributed by atoms with van der Waals surface area (Å²) < 4.78 is 10.9. The fraction of sp³-hybridized carbons (Fsp3) is 0.278. The Balaban J connectivity index is 1.85. The van der Waals surface area contributed by atoms with Crippen LogP contribution < -0.4 is 14.8 Å². The van der Waals surface area contributed by atoms with Gasteiger partial charge in [-0.1, -0.05) is 25.1 Å². The molecule has 0 unspecified atom stereocenters. The molecule has 0 bridgehead atoms. The second-order valence-corrected chi connectivity index (χ2v) is 4.80. The second-order valence-electron chi connectivity index (χ2n) is 4.80. The summed E-state index contributed by atoms with van der Waals surface area (Å²) >= 11 is 0. The van der Waals surface area contributed by atoms with Crippen LogP contribution in [-0.4, -0.2) is 19.1 Å². The van der Waals surface area contributed by atoms with Gasteiger partial charge in [0.05, 0.1) is 6.61 Å². The van der Waals surface area contributed by atoms with Crippen molar-refractivity contribution in [2.24, 2.45) is 0 Å². The zero-order chi connectivity index (χ0) is 15.8. The number of anilines is 1. The molecule has 1 N–H and O–H groups in total. The first-order valence-electron chi connectivity index (χ1n) is 7.45. The predicted octanol–water partition coefficient (Wildman–Crippen LogP) is 3.67. The van der Waals surface area contributed by atoms with Gasteiger partial charge < -0.3 is 14.8 Å². The maximum atomic E-state index is 11.9. The van der Waals surface area contributed by atoms with E-state index in [4.69, 9.17) is 9.47 Å². The number of amides is 1. The summed E-state index contributed by atoms with van der Waals surface area (Å²) in [7, 11) is 0. The average Bonchev–Trinajstić information content (AvgIpc) is 2.54. The van der Waals surface area contributed by atoms with Crippen molar-refractivity contribution >= 4 is 11.6 Å². The van der Waals surface area contributed by atoms with E-state index in [1.807, 2.05) is 43.3 Å². The topological polar surface area (TPSA) is 47.6 Å². The van der Waals surface area contributed by atoms with Crippen LogP contribution in [0.5, 0.6) is 11.5 Å². The number of carbonyl (C=O) groups excluding carboxylic acids is 1. The lowest BCUT2D eigenvalue weighted by Crippen LogP contribution is -2.20. The van der Waals surface area contributed by atoms with Crippen molar-refractivity contribution in [3.63, 3.8) is 0 Å². The van der Waals surface area contributed by atoms with E-state index in [0.29, 0.717) is 12.4 Å². The minimum absolute atomic E-state index is 0.0366. The SMILES string of the molecule is CCOc1cccc(OCC(=O)Nc2ccc(CC)cc2)c1. The summed E-state index contributed by atoms with van der Waals surface area (Å²) in [5.41, 5.74) is 2.01. The number of carbonyl (C=O) groups is 1. The molecular formula is C18H21NO3. The first kappa shape index (κ1) is 15.9. The Kier molecular flexibility index (Phi) is 5.83. The van der Waals surface area contributed by atoms with E-state index in [2.05, 4.69) is 12.2 Å². The van der Waals surface area contributed by atoms with Gasteiger partial charge in [-0.15, -0.1) is 0 Å². The summed E-state index contributed by atoms with van der Waals surface area (Å²) in [6.45, 7) is 4.57. The minimum atomic E-state index is -0.189. The highest BCUT2D eigenvalue weighted by atomic mass is 16.5. The first-order valence-corrected chi connectivity index (χ1v) is 7.45. The molecule has 2 aromatic carbocycles. The van der Waals surface area contributed by atoms with Crippen molar-refractivity contribution in [3.05, 3.63) is 54.1 Å². The highest BCUT2D eigenvalue weighted by Crippen LogP contribution is 2.19. The third kappa shape index (κ3) is 4.81. The Labute approximate surface area is 131 Å². The van der Waals surface area contributed by atoms with E-state index in [1.54, 1.807) is 12.1 Å². The Morgan fingerprint density at radius 2 is 1.68 bits per heavy atom. The summed E-state index contributed by atoms with van der Waals surface area (Å²) in [4.78, 5) is 11.9. The summed E-state index contributed by atoms with van der Waals surface area (Å²) in [5.74, 6) is 1.16. The van der Waals surface area contributed by atoms with Gasteiger partial charge >= 0.3 is 0 Å². The maximum Gasteiger partial charge on any atom is 0.262 e. The van der Waals surface area contributed by atoms with Gasteiger partial charge in [0.25, 0.3) is 5.91 Å². The normalized spacial score (nSPS) is 10.1. The minimum Gasteiger partial charge on any atom is -0.494 e. The lowest BCUT2D eigenvalue weighted by molar-refractivity contribution is -0.118. The maximum absolute atomic E-state index is 11.9. The van der Waals surface area contributed by atoms with Crippen molar-refractivity contribution in [1.29, 1.82) is 0 Å². The highest BCUT2D eigenvalue weighted by molar-refractivity contribution is 5.91. The molecule has 0 radical (unpaired) electrons. The summed E-state index contributed by atoms with van der Waals surface area (Å²) in [6, 6.07) is 15.1. The van der Waals surface area contributed by atoms with Crippen LogP contribution in [0.1, 0.15) is 19.4 Å². The van der Waals surface area contributed by atoms with Gasteiger partial charge in [0, 0.05) is 11.8 Å². The van der Waals surface area contributed by atoms with Crippen molar-refractivity contribution in [2.45, 2.75) is 20.3 Å². The van der Waals surface area contributed by atoms with Gasteiger partial charge in [-0.2, -0.15) is 0 Å². The van der Waals surface area contributed by atoms with Crippen molar-refractivity contribution in [3.8, 4) is 11.5 Å². The third-order valence-corrected chi connectivity index (χ3v) is 3.13. The summed E-state index contributed by atoms with van der Waals surface area (Å²) in [5, 5.41) is 2.81. The Hall–Kier alpha value is -2.49. The molecule has 0 aliphatic heterocycles. The van der Waals surface area contributed by atoms with E-state index in [0.717, 1.165) is 17.9 Å². The van der Waals surface area contributed by atoms with Gasteiger partial charge in [-0.3, -0.25) is 4.79 Å².